The topological polar surface area (TPSA) is 75.1 Å². The normalized spacial score (nSPS) is 10.7. The van der Waals surface area contributed by atoms with Crippen molar-refractivity contribution in [3.05, 3.63) is 63.6 Å². The maximum atomic E-state index is 12.0. The fourth-order valence-electron chi connectivity index (χ4n) is 2.07. The van der Waals surface area contributed by atoms with Crippen LogP contribution in [0, 0.1) is 0 Å². The first-order valence-corrected chi connectivity index (χ1v) is 6.65. The van der Waals surface area contributed by atoms with E-state index in [1.807, 2.05) is 0 Å². The number of carbonyl (C=O) groups excluding carboxylic acids is 1. The Morgan fingerprint density at radius 1 is 1.24 bits per heavy atom. The van der Waals surface area contributed by atoms with Crippen LogP contribution in [0.5, 0.6) is 0 Å². The van der Waals surface area contributed by atoms with Gasteiger partial charge in [0.1, 0.15) is 0 Å². The molecule has 0 atom stereocenters. The van der Waals surface area contributed by atoms with Crippen molar-refractivity contribution in [1.82, 2.24) is 4.98 Å². The number of aromatic amines is 1. The van der Waals surface area contributed by atoms with Gasteiger partial charge in [0.2, 0.25) is 5.91 Å². The van der Waals surface area contributed by atoms with Crippen LogP contribution in [0.25, 0.3) is 11.1 Å². The second kappa shape index (κ2) is 5.46. The number of nitrogens with one attached hydrogen (secondary N) is 2. The molecule has 0 saturated heterocycles. The van der Waals surface area contributed by atoms with Crippen molar-refractivity contribution in [3.63, 3.8) is 0 Å². The Labute approximate surface area is 124 Å². The van der Waals surface area contributed by atoms with Crippen molar-refractivity contribution in [3.8, 4) is 0 Å². The number of H-pyrrole nitrogens is 1. The van der Waals surface area contributed by atoms with E-state index < -0.39 is 5.76 Å². The predicted molar refractivity (Wildman–Crippen MR) is 80.6 cm³/mol. The third-order valence-electron chi connectivity index (χ3n) is 2.96. The molecule has 0 aliphatic rings. The van der Waals surface area contributed by atoms with E-state index >= 15 is 0 Å². The van der Waals surface area contributed by atoms with E-state index in [-0.39, 0.29) is 12.3 Å². The molecule has 0 radical (unpaired) electrons. The number of hydrogen-bond donors (Lipinski definition) is 2. The molecule has 3 aromatic rings. The van der Waals surface area contributed by atoms with Crippen LogP contribution >= 0.6 is 11.6 Å². The second-order valence-electron chi connectivity index (χ2n) is 4.58. The SMILES string of the molecule is O=C(Cc1ccc2oc(=O)[nH]c2c1)Nc1cccc(Cl)c1. The summed E-state index contributed by atoms with van der Waals surface area (Å²) in [6.07, 6.45) is 0.190. The summed E-state index contributed by atoms with van der Waals surface area (Å²) < 4.78 is 4.91. The summed E-state index contributed by atoms with van der Waals surface area (Å²) in [7, 11) is 0. The summed E-state index contributed by atoms with van der Waals surface area (Å²) in [6.45, 7) is 0. The first-order valence-electron chi connectivity index (χ1n) is 6.27. The van der Waals surface area contributed by atoms with Crippen molar-refractivity contribution in [2.75, 3.05) is 5.32 Å². The van der Waals surface area contributed by atoms with Crippen LogP contribution in [-0.2, 0) is 11.2 Å². The van der Waals surface area contributed by atoms with Crippen LogP contribution < -0.4 is 11.1 Å². The average Bonchev–Trinajstić information content (AvgIpc) is 2.78. The maximum Gasteiger partial charge on any atom is 0.417 e. The van der Waals surface area contributed by atoms with Crippen LogP contribution in [0.15, 0.2) is 51.7 Å². The standard InChI is InChI=1S/C15H11ClN2O3/c16-10-2-1-3-11(8-10)17-14(19)7-9-4-5-13-12(6-9)18-15(20)21-13/h1-6,8H,7H2,(H,17,19)(H,18,20). The third kappa shape index (κ3) is 3.14. The molecule has 0 saturated carbocycles. The molecule has 1 amide bonds. The van der Waals surface area contributed by atoms with Crippen molar-refractivity contribution in [1.29, 1.82) is 0 Å². The summed E-state index contributed by atoms with van der Waals surface area (Å²) in [5.41, 5.74) is 2.47. The van der Waals surface area contributed by atoms with E-state index in [2.05, 4.69) is 10.3 Å². The zero-order valence-electron chi connectivity index (χ0n) is 10.9. The molecule has 2 N–H and O–H groups in total. The summed E-state index contributed by atoms with van der Waals surface area (Å²) >= 11 is 5.86. The number of amides is 1. The van der Waals surface area contributed by atoms with Gasteiger partial charge in [0, 0.05) is 10.7 Å². The van der Waals surface area contributed by atoms with Crippen LogP contribution in [0.2, 0.25) is 5.02 Å². The first-order chi connectivity index (χ1) is 10.1. The Morgan fingerprint density at radius 2 is 2.10 bits per heavy atom. The lowest BCUT2D eigenvalue weighted by Gasteiger charge is -2.05. The van der Waals surface area contributed by atoms with Crippen molar-refractivity contribution < 1.29 is 9.21 Å². The number of benzene rings is 2. The van der Waals surface area contributed by atoms with Gasteiger partial charge in [-0.3, -0.25) is 9.78 Å². The molecule has 0 aliphatic carbocycles. The fraction of sp³-hybridized carbons (Fsp3) is 0.0667. The summed E-state index contributed by atoms with van der Waals surface area (Å²) in [5.74, 6) is -0.673. The van der Waals surface area contributed by atoms with E-state index in [0.29, 0.717) is 21.8 Å². The minimum atomic E-state index is -0.509. The summed E-state index contributed by atoms with van der Waals surface area (Å²) in [4.78, 5) is 25.6. The first kappa shape index (κ1) is 13.5. The molecule has 106 valence electrons. The second-order valence-corrected chi connectivity index (χ2v) is 5.02. The van der Waals surface area contributed by atoms with E-state index in [1.165, 1.54) is 0 Å². The number of anilines is 1. The molecular formula is C15H11ClN2O3. The highest BCUT2D eigenvalue weighted by molar-refractivity contribution is 6.30. The average molecular weight is 303 g/mol. The molecule has 0 unspecified atom stereocenters. The minimum Gasteiger partial charge on any atom is -0.408 e. The van der Waals surface area contributed by atoms with Gasteiger partial charge in [-0.05, 0) is 35.9 Å². The predicted octanol–water partition coefficient (Wildman–Crippen LogP) is 2.96. The van der Waals surface area contributed by atoms with Gasteiger partial charge in [-0.1, -0.05) is 23.7 Å². The Bertz CT molecular complexity index is 866. The molecule has 21 heavy (non-hydrogen) atoms. The summed E-state index contributed by atoms with van der Waals surface area (Å²) in [6, 6.07) is 12.1. The number of hydrogen-bond acceptors (Lipinski definition) is 3. The van der Waals surface area contributed by atoms with E-state index in [9.17, 15) is 9.59 Å². The number of oxazole rings is 1. The van der Waals surface area contributed by atoms with Crippen LogP contribution in [0.3, 0.4) is 0 Å². The van der Waals surface area contributed by atoms with Gasteiger partial charge in [0.25, 0.3) is 0 Å². The Kier molecular flexibility index (Phi) is 3.50. The molecule has 6 heteroatoms. The van der Waals surface area contributed by atoms with Crippen LogP contribution in [0.1, 0.15) is 5.56 Å². The molecular weight excluding hydrogens is 292 g/mol. The number of halogens is 1. The zero-order chi connectivity index (χ0) is 14.8. The van der Waals surface area contributed by atoms with Gasteiger partial charge in [0.15, 0.2) is 5.58 Å². The molecule has 1 aromatic heterocycles. The number of rotatable bonds is 3. The van der Waals surface area contributed by atoms with Crippen LogP contribution in [-0.4, -0.2) is 10.9 Å². The Hall–Kier alpha value is -2.53. The molecule has 0 aliphatic heterocycles. The van der Waals surface area contributed by atoms with Crippen molar-refractivity contribution in [2.24, 2.45) is 0 Å². The molecule has 1 heterocycles. The highest BCUT2D eigenvalue weighted by atomic mass is 35.5. The lowest BCUT2D eigenvalue weighted by Crippen LogP contribution is -2.14. The summed E-state index contributed by atoms with van der Waals surface area (Å²) in [5, 5.41) is 3.33. The quantitative estimate of drug-likeness (QED) is 0.781. The van der Waals surface area contributed by atoms with Gasteiger partial charge >= 0.3 is 5.76 Å². The number of fused-ring (bicyclic) bond motifs is 1. The smallest absolute Gasteiger partial charge is 0.408 e. The fourth-order valence-corrected chi connectivity index (χ4v) is 2.26. The van der Waals surface area contributed by atoms with Gasteiger partial charge < -0.3 is 9.73 Å². The molecule has 3 rings (SSSR count). The van der Waals surface area contributed by atoms with Gasteiger partial charge in [-0.2, -0.15) is 0 Å². The van der Waals surface area contributed by atoms with E-state index in [0.717, 1.165) is 5.56 Å². The van der Waals surface area contributed by atoms with Crippen LogP contribution in [0.4, 0.5) is 5.69 Å². The lowest BCUT2D eigenvalue weighted by molar-refractivity contribution is -0.115. The zero-order valence-corrected chi connectivity index (χ0v) is 11.6. The Balaban J connectivity index is 1.75. The highest BCUT2D eigenvalue weighted by Gasteiger charge is 2.07. The monoisotopic (exact) mass is 302 g/mol. The van der Waals surface area contributed by atoms with E-state index in [4.69, 9.17) is 16.0 Å². The molecule has 0 bridgehead atoms. The van der Waals surface area contributed by atoms with Crippen molar-refractivity contribution in [2.45, 2.75) is 6.42 Å². The van der Waals surface area contributed by atoms with E-state index in [1.54, 1.807) is 42.5 Å². The number of aromatic nitrogens is 1. The maximum absolute atomic E-state index is 12.0. The molecule has 5 nitrogen and oxygen atoms in total. The van der Waals surface area contributed by atoms with Crippen molar-refractivity contribution >= 4 is 34.3 Å². The minimum absolute atomic E-state index is 0.164. The molecule has 2 aromatic carbocycles. The van der Waals surface area contributed by atoms with Gasteiger partial charge in [-0.25, -0.2) is 4.79 Å². The molecule has 0 spiro atoms. The molecule has 0 fully saturated rings. The van der Waals surface area contributed by atoms with Gasteiger partial charge in [0.05, 0.1) is 11.9 Å². The highest BCUT2D eigenvalue weighted by Crippen LogP contribution is 2.16. The Morgan fingerprint density at radius 3 is 2.90 bits per heavy atom. The lowest BCUT2D eigenvalue weighted by atomic mass is 10.1. The number of carbonyl (C=O) groups is 1. The largest absolute Gasteiger partial charge is 0.417 e. The third-order valence-corrected chi connectivity index (χ3v) is 3.19. The van der Waals surface area contributed by atoms with Gasteiger partial charge in [-0.15, -0.1) is 0 Å².